The zero-order valence-corrected chi connectivity index (χ0v) is 7.39. The molecule has 0 saturated heterocycles. The monoisotopic (exact) mass is 179 g/mol. The Morgan fingerprint density at radius 3 is 2.62 bits per heavy atom. The van der Waals surface area contributed by atoms with Gasteiger partial charge in [0, 0.05) is 18.4 Å². The van der Waals surface area contributed by atoms with Gasteiger partial charge in [0.2, 0.25) is 0 Å². The van der Waals surface area contributed by atoms with E-state index in [0.717, 1.165) is 19.3 Å². The van der Waals surface area contributed by atoms with Crippen LogP contribution in [0.1, 0.15) is 25.3 Å². The van der Waals surface area contributed by atoms with Crippen LogP contribution < -0.4 is 0 Å². The van der Waals surface area contributed by atoms with Crippen molar-refractivity contribution < 1.29 is 9.90 Å². The second kappa shape index (κ2) is 3.24. The maximum Gasteiger partial charge on any atom is 0.308 e. The number of carboxylic acid groups (broad SMARTS) is 1. The van der Waals surface area contributed by atoms with E-state index in [1.807, 2.05) is 29.1 Å². The van der Waals surface area contributed by atoms with Crippen molar-refractivity contribution in [2.45, 2.75) is 25.3 Å². The molecule has 1 aliphatic carbocycles. The Balaban J connectivity index is 2.19. The van der Waals surface area contributed by atoms with Gasteiger partial charge in [0.25, 0.3) is 0 Å². The van der Waals surface area contributed by atoms with Gasteiger partial charge in [-0.3, -0.25) is 4.79 Å². The first-order chi connectivity index (χ1) is 6.29. The molecule has 1 aliphatic rings. The van der Waals surface area contributed by atoms with Crippen LogP contribution in [0.5, 0.6) is 0 Å². The summed E-state index contributed by atoms with van der Waals surface area (Å²) in [6.45, 7) is 0. The summed E-state index contributed by atoms with van der Waals surface area (Å²) in [5.74, 6) is -0.844. The largest absolute Gasteiger partial charge is 0.481 e. The fourth-order valence-corrected chi connectivity index (χ4v) is 2.15. The molecular weight excluding hydrogens is 166 g/mol. The molecule has 1 N–H and O–H groups in total. The highest BCUT2D eigenvalue weighted by molar-refractivity contribution is 5.71. The predicted molar refractivity (Wildman–Crippen MR) is 48.4 cm³/mol. The van der Waals surface area contributed by atoms with Gasteiger partial charge in [-0.15, -0.1) is 0 Å². The van der Waals surface area contributed by atoms with Crippen LogP contribution in [0.4, 0.5) is 0 Å². The Morgan fingerprint density at radius 2 is 2.00 bits per heavy atom. The highest BCUT2D eigenvalue weighted by Gasteiger charge is 2.33. The van der Waals surface area contributed by atoms with E-state index in [1.54, 1.807) is 0 Å². The highest BCUT2D eigenvalue weighted by Crippen LogP contribution is 2.35. The molecule has 1 saturated carbocycles. The van der Waals surface area contributed by atoms with Gasteiger partial charge < -0.3 is 9.67 Å². The van der Waals surface area contributed by atoms with Crippen molar-refractivity contribution >= 4 is 5.97 Å². The number of rotatable bonds is 2. The summed E-state index contributed by atoms with van der Waals surface area (Å²) in [6, 6.07) is 4.06. The molecule has 0 aromatic carbocycles. The third kappa shape index (κ3) is 1.46. The zero-order valence-electron chi connectivity index (χ0n) is 7.39. The number of nitrogens with zero attached hydrogens (tertiary/aromatic N) is 1. The molecule has 0 bridgehead atoms. The average Bonchev–Trinajstić information content (AvgIpc) is 2.74. The molecule has 0 amide bonds. The third-order valence-electron chi connectivity index (χ3n) is 2.81. The SMILES string of the molecule is O=C(O)C1CCCC1n1cccc1. The minimum absolute atomic E-state index is 0.174. The summed E-state index contributed by atoms with van der Waals surface area (Å²) in [5.41, 5.74) is 0. The molecule has 2 unspecified atom stereocenters. The second-order valence-corrected chi connectivity index (χ2v) is 3.57. The van der Waals surface area contributed by atoms with Crippen LogP contribution in [0.15, 0.2) is 24.5 Å². The fraction of sp³-hybridized carbons (Fsp3) is 0.500. The van der Waals surface area contributed by atoms with Crippen LogP contribution in [-0.2, 0) is 4.79 Å². The number of carbonyl (C=O) groups is 1. The molecule has 1 heterocycles. The molecule has 1 aromatic rings. The van der Waals surface area contributed by atoms with E-state index < -0.39 is 5.97 Å². The first-order valence-electron chi connectivity index (χ1n) is 4.64. The second-order valence-electron chi connectivity index (χ2n) is 3.57. The summed E-state index contributed by atoms with van der Waals surface area (Å²) >= 11 is 0. The first kappa shape index (κ1) is 8.35. The van der Waals surface area contributed by atoms with Gasteiger partial charge in [-0.1, -0.05) is 6.42 Å². The highest BCUT2D eigenvalue weighted by atomic mass is 16.4. The minimum atomic E-state index is -0.656. The number of hydrogen-bond acceptors (Lipinski definition) is 1. The smallest absolute Gasteiger partial charge is 0.308 e. The van der Waals surface area contributed by atoms with Gasteiger partial charge in [-0.2, -0.15) is 0 Å². The normalized spacial score (nSPS) is 27.7. The van der Waals surface area contributed by atoms with E-state index in [4.69, 9.17) is 5.11 Å². The Bertz CT molecular complexity index is 292. The van der Waals surface area contributed by atoms with Crippen molar-refractivity contribution in [2.75, 3.05) is 0 Å². The molecule has 0 radical (unpaired) electrons. The van der Waals surface area contributed by atoms with E-state index in [-0.39, 0.29) is 12.0 Å². The van der Waals surface area contributed by atoms with Crippen LogP contribution in [0, 0.1) is 5.92 Å². The van der Waals surface area contributed by atoms with E-state index in [1.165, 1.54) is 0 Å². The van der Waals surface area contributed by atoms with E-state index in [9.17, 15) is 4.79 Å². The van der Waals surface area contributed by atoms with Crippen molar-refractivity contribution in [3.05, 3.63) is 24.5 Å². The fourth-order valence-electron chi connectivity index (χ4n) is 2.15. The lowest BCUT2D eigenvalue weighted by Gasteiger charge is -2.17. The van der Waals surface area contributed by atoms with Crippen LogP contribution in [0.2, 0.25) is 0 Å². The van der Waals surface area contributed by atoms with Gasteiger partial charge >= 0.3 is 5.97 Å². The maximum absolute atomic E-state index is 10.9. The van der Waals surface area contributed by atoms with Crippen molar-refractivity contribution in [1.82, 2.24) is 4.57 Å². The Kier molecular flexibility index (Phi) is 2.08. The summed E-state index contributed by atoms with van der Waals surface area (Å²) in [5, 5.41) is 8.97. The minimum Gasteiger partial charge on any atom is -0.481 e. The first-order valence-corrected chi connectivity index (χ1v) is 4.64. The maximum atomic E-state index is 10.9. The van der Waals surface area contributed by atoms with Gasteiger partial charge in [-0.05, 0) is 25.0 Å². The lowest BCUT2D eigenvalue weighted by molar-refractivity contribution is -0.142. The molecule has 0 spiro atoms. The molecule has 70 valence electrons. The van der Waals surface area contributed by atoms with E-state index >= 15 is 0 Å². The van der Waals surface area contributed by atoms with E-state index in [0.29, 0.717) is 0 Å². The molecule has 3 nitrogen and oxygen atoms in total. The van der Waals surface area contributed by atoms with Gasteiger partial charge in [0.1, 0.15) is 0 Å². The van der Waals surface area contributed by atoms with Gasteiger partial charge in [0.05, 0.1) is 5.92 Å². The number of aliphatic carboxylic acids is 1. The zero-order chi connectivity index (χ0) is 9.26. The van der Waals surface area contributed by atoms with Crippen LogP contribution >= 0.6 is 0 Å². The summed E-state index contributed by atoms with van der Waals surface area (Å²) in [4.78, 5) is 10.9. The summed E-state index contributed by atoms with van der Waals surface area (Å²) in [6.07, 6.45) is 6.74. The molecular formula is C10H13NO2. The van der Waals surface area contributed by atoms with Crippen LogP contribution in [0.3, 0.4) is 0 Å². The van der Waals surface area contributed by atoms with E-state index in [2.05, 4.69) is 0 Å². The Morgan fingerprint density at radius 1 is 1.31 bits per heavy atom. The lowest BCUT2D eigenvalue weighted by atomic mass is 10.0. The van der Waals surface area contributed by atoms with Crippen molar-refractivity contribution in [1.29, 1.82) is 0 Å². The van der Waals surface area contributed by atoms with Crippen molar-refractivity contribution in [2.24, 2.45) is 5.92 Å². The molecule has 2 rings (SSSR count). The van der Waals surface area contributed by atoms with Gasteiger partial charge in [0.15, 0.2) is 0 Å². The summed E-state index contributed by atoms with van der Waals surface area (Å²) in [7, 11) is 0. The summed E-state index contributed by atoms with van der Waals surface area (Å²) < 4.78 is 2.02. The standard InChI is InChI=1S/C10H13NO2/c12-10(13)8-4-3-5-9(8)11-6-1-2-7-11/h1-2,6-9H,3-5H2,(H,12,13). The van der Waals surface area contributed by atoms with Crippen molar-refractivity contribution in [3.8, 4) is 0 Å². The van der Waals surface area contributed by atoms with Crippen molar-refractivity contribution in [3.63, 3.8) is 0 Å². The molecule has 3 heteroatoms. The molecule has 1 fully saturated rings. The number of hydrogen-bond donors (Lipinski definition) is 1. The molecule has 1 aromatic heterocycles. The quantitative estimate of drug-likeness (QED) is 0.753. The molecule has 2 atom stereocenters. The molecule has 13 heavy (non-hydrogen) atoms. The number of carboxylic acids is 1. The van der Waals surface area contributed by atoms with Crippen LogP contribution in [-0.4, -0.2) is 15.6 Å². The average molecular weight is 179 g/mol. The molecule has 0 aliphatic heterocycles. The topological polar surface area (TPSA) is 42.2 Å². The van der Waals surface area contributed by atoms with Crippen LogP contribution in [0.25, 0.3) is 0 Å². The van der Waals surface area contributed by atoms with Gasteiger partial charge in [-0.25, -0.2) is 0 Å². The Labute approximate surface area is 77.0 Å². The lowest BCUT2D eigenvalue weighted by Crippen LogP contribution is -2.20. The number of aromatic nitrogens is 1. The third-order valence-corrected chi connectivity index (χ3v) is 2.81. The Hall–Kier alpha value is -1.25. The predicted octanol–water partition coefficient (Wildman–Crippen LogP) is 1.91.